The van der Waals surface area contributed by atoms with Crippen molar-refractivity contribution in [1.82, 2.24) is 9.13 Å². The van der Waals surface area contributed by atoms with Crippen LogP contribution in [0.5, 0.6) is 0 Å². The van der Waals surface area contributed by atoms with Gasteiger partial charge in [-0.1, -0.05) is 84.9 Å². The van der Waals surface area contributed by atoms with Crippen LogP contribution in [0.25, 0.3) is 72.2 Å². The summed E-state index contributed by atoms with van der Waals surface area (Å²) in [6.07, 6.45) is 4.06. The van der Waals surface area contributed by atoms with Crippen molar-refractivity contribution >= 4 is 55.4 Å². The second-order valence-electron chi connectivity index (χ2n) is 10.8. The molecule has 0 fully saturated rings. The molecule has 8 rings (SSSR count). The van der Waals surface area contributed by atoms with E-state index < -0.39 is 0 Å². The number of fused-ring (bicyclic) bond motifs is 6. The Bertz CT molecular complexity index is 2320. The topological polar surface area (TPSA) is 35.9 Å². The van der Waals surface area contributed by atoms with Crippen LogP contribution in [0.15, 0.2) is 140 Å². The molecule has 2 N–H and O–H groups in total. The van der Waals surface area contributed by atoms with Crippen LogP contribution in [0.2, 0.25) is 0 Å². The fourth-order valence-electron chi connectivity index (χ4n) is 6.47. The molecule has 0 amide bonds. The van der Waals surface area contributed by atoms with Gasteiger partial charge in [-0.25, -0.2) is 0 Å². The Hall–Kier alpha value is -5.54. The maximum absolute atomic E-state index is 6.46. The summed E-state index contributed by atoms with van der Waals surface area (Å²) >= 11 is 0. The van der Waals surface area contributed by atoms with Crippen LogP contribution in [-0.4, -0.2) is 9.13 Å². The van der Waals surface area contributed by atoms with Crippen molar-refractivity contribution in [1.29, 1.82) is 0 Å². The molecule has 3 nitrogen and oxygen atoms in total. The number of aromatic nitrogens is 2. The summed E-state index contributed by atoms with van der Waals surface area (Å²) in [5.41, 5.74) is 17.7. The number of allylic oxidation sites excluding steroid dienone is 1. The van der Waals surface area contributed by atoms with Gasteiger partial charge in [0.05, 0.1) is 22.1 Å². The minimum atomic E-state index is 0.774. The highest BCUT2D eigenvalue weighted by Gasteiger charge is 2.16. The molecule has 0 radical (unpaired) electrons. The van der Waals surface area contributed by atoms with Gasteiger partial charge in [0, 0.05) is 38.6 Å². The summed E-state index contributed by atoms with van der Waals surface area (Å²) in [6, 6.07) is 47.9. The van der Waals surface area contributed by atoms with E-state index in [9.17, 15) is 0 Å². The van der Waals surface area contributed by atoms with Gasteiger partial charge in [0.1, 0.15) is 0 Å². The van der Waals surface area contributed by atoms with Crippen LogP contribution in [0.4, 0.5) is 5.69 Å². The highest BCUT2D eigenvalue weighted by atomic mass is 15.0. The number of anilines is 1. The van der Waals surface area contributed by atoms with Gasteiger partial charge in [-0.15, -0.1) is 0 Å². The molecule has 0 bridgehead atoms. The average molecular weight is 540 g/mol. The number of benzene rings is 6. The number of nitrogens with two attached hydrogens (primary N) is 1. The molecule has 0 spiro atoms. The smallest absolute Gasteiger partial charge is 0.0541 e. The van der Waals surface area contributed by atoms with Gasteiger partial charge in [-0.05, 0) is 84.3 Å². The zero-order chi connectivity index (χ0) is 28.2. The molecule has 6 aromatic carbocycles. The Morgan fingerprint density at radius 1 is 0.476 bits per heavy atom. The van der Waals surface area contributed by atoms with Gasteiger partial charge >= 0.3 is 0 Å². The van der Waals surface area contributed by atoms with Gasteiger partial charge in [0.2, 0.25) is 0 Å². The Kier molecular flexibility index (Phi) is 5.51. The molecular weight excluding hydrogens is 510 g/mol. The predicted molar refractivity (Wildman–Crippen MR) is 180 cm³/mol. The lowest BCUT2D eigenvalue weighted by molar-refractivity contribution is 1.18. The number of nitrogens with zero attached hydrogens (tertiary/aromatic N) is 2. The third-order valence-corrected chi connectivity index (χ3v) is 8.37. The standard InChI is InChI=1S/C39H29N3/c1-2-10-26-17-20-30(25-35(26)40)42-37-16-9-7-14-32(37)34-24-28(19-22-39(34)42)27-18-21-38-33(23-27)31-13-6-8-15-36(31)41(38)29-11-4-3-5-12-29/h2-25H,40H2,1H3/b10-2-. The molecule has 2 heterocycles. The Labute approximate surface area is 244 Å². The second-order valence-corrected chi connectivity index (χ2v) is 10.8. The lowest BCUT2D eigenvalue weighted by Crippen LogP contribution is -1.97. The summed E-state index contributed by atoms with van der Waals surface area (Å²) in [4.78, 5) is 0. The Morgan fingerprint density at radius 3 is 1.57 bits per heavy atom. The SMILES string of the molecule is C/C=C\c1ccc(-n2c3ccccc3c3cc(-c4ccc5c(c4)c4ccccc4n5-c4ccccc4)ccc32)cc1N. The summed E-state index contributed by atoms with van der Waals surface area (Å²) in [5, 5.41) is 4.97. The normalized spacial score (nSPS) is 11.9. The van der Waals surface area contributed by atoms with Crippen molar-refractivity contribution in [3.8, 4) is 22.5 Å². The predicted octanol–water partition coefficient (Wildman–Crippen LogP) is 10.2. The first-order valence-electron chi connectivity index (χ1n) is 14.4. The van der Waals surface area contributed by atoms with E-state index in [0.29, 0.717) is 0 Å². The van der Waals surface area contributed by atoms with E-state index in [1.165, 1.54) is 60.4 Å². The van der Waals surface area contributed by atoms with Crippen molar-refractivity contribution in [3.05, 3.63) is 145 Å². The van der Waals surface area contributed by atoms with E-state index in [1.807, 2.05) is 19.1 Å². The minimum absolute atomic E-state index is 0.774. The van der Waals surface area contributed by atoms with E-state index in [1.54, 1.807) is 0 Å². The van der Waals surface area contributed by atoms with Crippen LogP contribution in [0.3, 0.4) is 0 Å². The van der Waals surface area contributed by atoms with Gasteiger partial charge in [0.25, 0.3) is 0 Å². The minimum Gasteiger partial charge on any atom is -0.398 e. The van der Waals surface area contributed by atoms with Crippen LogP contribution in [0.1, 0.15) is 12.5 Å². The Balaban J connectivity index is 1.32. The molecule has 0 aliphatic heterocycles. The van der Waals surface area contributed by atoms with Crippen LogP contribution in [0, 0.1) is 0 Å². The van der Waals surface area contributed by atoms with E-state index >= 15 is 0 Å². The molecule has 3 heteroatoms. The Morgan fingerprint density at radius 2 is 1.00 bits per heavy atom. The van der Waals surface area contributed by atoms with Crippen molar-refractivity contribution in [2.75, 3.05) is 5.73 Å². The molecular formula is C39H29N3. The third kappa shape index (κ3) is 3.68. The molecule has 0 saturated heterocycles. The zero-order valence-electron chi connectivity index (χ0n) is 23.3. The highest BCUT2D eigenvalue weighted by molar-refractivity contribution is 6.12. The first-order chi connectivity index (χ1) is 20.7. The average Bonchev–Trinajstić information content (AvgIpc) is 3.55. The maximum Gasteiger partial charge on any atom is 0.0541 e. The fourth-order valence-corrected chi connectivity index (χ4v) is 6.47. The summed E-state index contributed by atoms with van der Waals surface area (Å²) < 4.78 is 4.68. The first kappa shape index (κ1) is 24.3. The number of hydrogen-bond acceptors (Lipinski definition) is 1. The fraction of sp³-hybridized carbons (Fsp3) is 0.0256. The number of nitrogen functional groups attached to an aromatic ring is 1. The third-order valence-electron chi connectivity index (χ3n) is 8.37. The molecule has 200 valence electrons. The maximum atomic E-state index is 6.46. The lowest BCUT2D eigenvalue weighted by atomic mass is 10.0. The molecule has 0 aliphatic rings. The van der Waals surface area contributed by atoms with Crippen molar-refractivity contribution in [2.45, 2.75) is 6.92 Å². The summed E-state index contributed by atoms with van der Waals surface area (Å²) in [5.74, 6) is 0. The summed E-state index contributed by atoms with van der Waals surface area (Å²) in [7, 11) is 0. The van der Waals surface area contributed by atoms with Gasteiger partial charge in [-0.3, -0.25) is 0 Å². The van der Waals surface area contributed by atoms with E-state index in [-0.39, 0.29) is 0 Å². The largest absolute Gasteiger partial charge is 0.398 e. The quantitative estimate of drug-likeness (QED) is 0.222. The van der Waals surface area contributed by atoms with E-state index in [0.717, 1.165) is 16.9 Å². The molecule has 0 aliphatic carbocycles. The van der Waals surface area contributed by atoms with Gasteiger partial charge in [0.15, 0.2) is 0 Å². The van der Waals surface area contributed by atoms with Crippen molar-refractivity contribution in [3.63, 3.8) is 0 Å². The van der Waals surface area contributed by atoms with E-state index in [4.69, 9.17) is 5.73 Å². The van der Waals surface area contributed by atoms with E-state index in [2.05, 4.69) is 143 Å². The monoisotopic (exact) mass is 539 g/mol. The number of para-hydroxylation sites is 3. The number of rotatable bonds is 4. The van der Waals surface area contributed by atoms with Crippen LogP contribution in [-0.2, 0) is 0 Å². The highest BCUT2D eigenvalue weighted by Crippen LogP contribution is 2.38. The lowest BCUT2D eigenvalue weighted by Gasteiger charge is -2.11. The first-order valence-corrected chi connectivity index (χ1v) is 14.4. The van der Waals surface area contributed by atoms with Gasteiger partial charge < -0.3 is 14.9 Å². The van der Waals surface area contributed by atoms with Crippen LogP contribution >= 0.6 is 0 Å². The molecule has 0 atom stereocenters. The molecule has 8 aromatic rings. The van der Waals surface area contributed by atoms with Gasteiger partial charge in [-0.2, -0.15) is 0 Å². The molecule has 0 unspecified atom stereocenters. The summed E-state index contributed by atoms with van der Waals surface area (Å²) in [6.45, 7) is 2.01. The molecule has 42 heavy (non-hydrogen) atoms. The number of hydrogen-bond donors (Lipinski definition) is 1. The van der Waals surface area contributed by atoms with Crippen LogP contribution < -0.4 is 5.73 Å². The molecule has 2 aromatic heterocycles. The second kappa shape index (κ2) is 9.53. The zero-order valence-corrected chi connectivity index (χ0v) is 23.3. The van der Waals surface area contributed by atoms with Crippen molar-refractivity contribution < 1.29 is 0 Å². The van der Waals surface area contributed by atoms with Crippen molar-refractivity contribution in [2.24, 2.45) is 0 Å². The molecule has 0 saturated carbocycles.